The predicted molar refractivity (Wildman–Crippen MR) is 80.3 cm³/mol. The Morgan fingerprint density at radius 2 is 1.87 bits per heavy atom. The Balaban J connectivity index is 2.31. The van der Waals surface area contributed by atoms with Crippen molar-refractivity contribution in [2.24, 2.45) is 5.92 Å². The molecule has 122 valence electrons. The molecule has 2 rings (SSSR count). The van der Waals surface area contributed by atoms with E-state index in [-0.39, 0.29) is 5.92 Å². The molecule has 0 bridgehead atoms. The largest absolute Gasteiger partial charge is 0.548 e. The molecule has 1 heterocycles. The Bertz CT molecular complexity index is 799. The number of nitrogens with zero attached hydrogens (tertiary/aromatic N) is 3. The standard InChI is InChI=1S/C15H18N4O4/c1-8(2)12(15(22)23)16-13(20)9(3)19-14(21)10-6-4-5-7-11(10)17-18-19/h4-9,12H,1-3H3,(H,16,20)(H,22,23)/p-1/t9-,12-/m0/s1. The zero-order valence-corrected chi connectivity index (χ0v) is 13.0. The summed E-state index contributed by atoms with van der Waals surface area (Å²) >= 11 is 0. The van der Waals surface area contributed by atoms with E-state index < -0.39 is 29.5 Å². The average molecular weight is 317 g/mol. The smallest absolute Gasteiger partial charge is 0.278 e. The van der Waals surface area contributed by atoms with Gasteiger partial charge in [0, 0.05) is 0 Å². The van der Waals surface area contributed by atoms with E-state index in [0.29, 0.717) is 10.9 Å². The highest BCUT2D eigenvalue weighted by Crippen LogP contribution is 2.08. The topological polar surface area (TPSA) is 117 Å². The lowest BCUT2D eigenvalue weighted by molar-refractivity contribution is -0.309. The molecule has 8 nitrogen and oxygen atoms in total. The van der Waals surface area contributed by atoms with Crippen molar-refractivity contribution in [3.05, 3.63) is 34.6 Å². The zero-order valence-electron chi connectivity index (χ0n) is 13.0. The van der Waals surface area contributed by atoms with Gasteiger partial charge in [-0.05, 0) is 25.0 Å². The first-order valence-electron chi connectivity index (χ1n) is 7.18. The van der Waals surface area contributed by atoms with Crippen LogP contribution in [0, 0.1) is 5.92 Å². The van der Waals surface area contributed by atoms with Crippen molar-refractivity contribution in [2.45, 2.75) is 32.9 Å². The molecule has 0 aliphatic carbocycles. The van der Waals surface area contributed by atoms with E-state index in [1.807, 2.05) is 0 Å². The van der Waals surface area contributed by atoms with Crippen LogP contribution in [0.25, 0.3) is 10.9 Å². The van der Waals surface area contributed by atoms with Gasteiger partial charge in [0.1, 0.15) is 11.6 Å². The van der Waals surface area contributed by atoms with E-state index in [4.69, 9.17) is 0 Å². The van der Waals surface area contributed by atoms with Gasteiger partial charge >= 0.3 is 0 Å². The number of nitrogens with one attached hydrogen (secondary N) is 1. The molecule has 2 aromatic rings. The second-order valence-electron chi connectivity index (χ2n) is 5.58. The molecule has 0 unspecified atom stereocenters. The number of rotatable bonds is 5. The number of aliphatic carboxylic acids is 1. The Hall–Kier alpha value is -2.77. The van der Waals surface area contributed by atoms with E-state index >= 15 is 0 Å². The molecule has 1 aromatic carbocycles. The molecular formula is C15H17N4O4-. The zero-order chi connectivity index (χ0) is 17.1. The van der Waals surface area contributed by atoms with Crippen molar-refractivity contribution in [2.75, 3.05) is 0 Å². The molecule has 0 spiro atoms. The Labute approximate surface area is 132 Å². The fourth-order valence-electron chi connectivity index (χ4n) is 2.14. The van der Waals surface area contributed by atoms with Crippen LogP contribution in [0.5, 0.6) is 0 Å². The molecular weight excluding hydrogens is 300 g/mol. The van der Waals surface area contributed by atoms with E-state index in [1.54, 1.807) is 38.1 Å². The van der Waals surface area contributed by atoms with Crippen LogP contribution in [0.4, 0.5) is 0 Å². The first-order valence-corrected chi connectivity index (χ1v) is 7.18. The highest BCUT2D eigenvalue weighted by molar-refractivity contribution is 5.85. The lowest BCUT2D eigenvalue weighted by Crippen LogP contribution is -2.52. The van der Waals surface area contributed by atoms with Gasteiger partial charge in [-0.1, -0.05) is 31.2 Å². The van der Waals surface area contributed by atoms with E-state index in [1.165, 1.54) is 6.92 Å². The summed E-state index contributed by atoms with van der Waals surface area (Å²) in [5.41, 5.74) is -0.0380. The van der Waals surface area contributed by atoms with Crippen LogP contribution in [0.1, 0.15) is 26.8 Å². The highest BCUT2D eigenvalue weighted by atomic mass is 16.4. The molecule has 0 aliphatic rings. The molecule has 2 atom stereocenters. The van der Waals surface area contributed by atoms with Gasteiger partial charge in [0.25, 0.3) is 5.56 Å². The lowest BCUT2D eigenvalue weighted by Gasteiger charge is -2.25. The Morgan fingerprint density at radius 1 is 1.22 bits per heavy atom. The maximum absolute atomic E-state index is 12.4. The van der Waals surface area contributed by atoms with Gasteiger partial charge in [0.2, 0.25) is 5.91 Å². The number of carbonyl (C=O) groups excluding carboxylic acids is 2. The minimum Gasteiger partial charge on any atom is -0.548 e. The van der Waals surface area contributed by atoms with E-state index in [2.05, 4.69) is 15.6 Å². The third-order valence-corrected chi connectivity index (χ3v) is 3.56. The number of fused-ring (bicyclic) bond motifs is 1. The summed E-state index contributed by atoms with van der Waals surface area (Å²) in [5.74, 6) is -2.37. The number of carboxylic acids is 1. The Kier molecular flexibility index (Phi) is 4.73. The number of carboxylic acid groups (broad SMARTS) is 1. The minimum absolute atomic E-state index is 0.336. The van der Waals surface area contributed by atoms with Gasteiger partial charge in [0.15, 0.2) is 0 Å². The molecule has 8 heteroatoms. The summed E-state index contributed by atoms with van der Waals surface area (Å²) in [4.78, 5) is 35.7. The second kappa shape index (κ2) is 6.55. The van der Waals surface area contributed by atoms with Crippen LogP contribution in [-0.2, 0) is 9.59 Å². The van der Waals surface area contributed by atoms with Gasteiger partial charge in [-0.3, -0.25) is 9.59 Å². The maximum Gasteiger partial charge on any atom is 0.278 e. The van der Waals surface area contributed by atoms with Gasteiger partial charge in [-0.2, -0.15) is 4.68 Å². The molecule has 1 N–H and O–H groups in total. The maximum atomic E-state index is 12.4. The summed E-state index contributed by atoms with van der Waals surface area (Å²) in [5, 5.41) is 21.4. The summed E-state index contributed by atoms with van der Waals surface area (Å²) < 4.78 is 0.935. The van der Waals surface area contributed by atoms with Crippen molar-refractivity contribution >= 4 is 22.8 Å². The molecule has 0 radical (unpaired) electrons. The molecule has 1 amide bonds. The quantitative estimate of drug-likeness (QED) is 0.775. The SMILES string of the molecule is CC(C)[C@H](NC(=O)[C@H](C)n1nnc2ccccc2c1=O)C(=O)[O-]. The van der Waals surface area contributed by atoms with Crippen LogP contribution >= 0.6 is 0 Å². The lowest BCUT2D eigenvalue weighted by atomic mass is 10.0. The second-order valence-corrected chi connectivity index (χ2v) is 5.58. The van der Waals surface area contributed by atoms with Crippen molar-refractivity contribution in [1.29, 1.82) is 0 Å². The van der Waals surface area contributed by atoms with Crippen LogP contribution in [-0.4, -0.2) is 32.9 Å². The third kappa shape index (κ3) is 3.36. The number of amides is 1. The number of aromatic nitrogens is 3. The Morgan fingerprint density at radius 3 is 2.48 bits per heavy atom. The first-order chi connectivity index (χ1) is 10.8. The van der Waals surface area contributed by atoms with Crippen molar-refractivity contribution < 1.29 is 14.7 Å². The average Bonchev–Trinajstić information content (AvgIpc) is 2.51. The van der Waals surface area contributed by atoms with Crippen molar-refractivity contribution in [1.82, 2.24) is 20.3 Å². The number of carbonyl (C=O) groups is 2. The van der Waals surface area contributed by atoms with Crippen molar-refractivity contribution in [3.63, 3.8) is 0 Å². The van der Waals surface area contributed by atoms with Crippen molar-refractivity contribution in [3.8, 4) is 0 Å². The summed E-state index contributed by atoms with van der Waals surface area (Å²) in [6, 6.07) is 4.50. The molecule has 0 saturated heterocycles. The normalized spacial score (nSPS) is 13.7. The first kappa shape index (κ1) is 16.6. The molecule has 23 heavy (non-hydrogen) atoms. The molecule has 0 saturated carbocycles. The number of hydrogen-bond acceptors (Lipinski definition) is 6. The fraction of sp³-hybridized carbons (Fsp3) is 0.400. The van der Waals surface area contributed by atoms with Gasteiger partial charge < -0.3 is 15.2 Å². The van der Waals surface area contributed by atoms with Gasteiger partial charge in [0.05, 0.1) is 17.4 Å². The molecule has 0 aliphatic heterocycles. The number of hydrogen-bond donors (Lipinski definition) is 1. The van der Waals surface area contributed by atoms with Crippen LogP contribution < -0.4 is 16.0 Å². The van der Waals surface area contributed by atoms with Gasteiger partial charge in [-0.15, -0.1) is 5.10 Å². The van der Waals surface area contributed by atoms with Crippen LogP contribution in [0.2, 0.25) is 0 Å². The van der Waals surface area contributed by atoms with Gasteiger partial charge in [-0.25, -0.2) is 0 Å². The molecule has 0 fully saturated rings. The summed E-state index contributed by atoms with van der Waals surface area (Å²) in [6.45, 7) is 4.74. The summed E-state index contributed by atoms with van der Waals surface area (Å²) in [6.07, 6.45) is 0. The monoisotopic (exact) mass is 317 g/mol. The van der Waals surface area contributed by atoms with Crippen LogP contribution in [0.3, 0.4) is 0 Å². The summed E-state index contributed by atoms with van der Waals surface area (Å²) in [7, 11) is 0. The number of benzene rings is 1. The van der Waals surface area contributed by atoms with Crippen LogP contribution in [0.15, 0.2) is 29.1 Å². The fourth-order valence-corrected chi connectivity index (χ4v) is 2.14. The third-order valence-electron chi connectivity index (χ3n) is 3.56. The minimum atomic E-state index is -1.38. The predicted octanol–water partition coefficient (Wildman–Crippen LogP) is -0.757. The van der Waals surface area contributed by atoms with E-state index in [9.17, 15) is 19.5 Å². The highest BCUT2D eigenvalue weighted by Gasteiger charge is 2.24. The van der Waals surface area contributed by atoms with E-state index in [0.717, 1.165) is 4.68 Å². The molecule has 1 aromatic heterocycles.